The Bertz CT molecular complexity index is 584. The van der Waals surface area contributed by atoms with Gasteiger partial charge in [-0.3, -0.25) is 0 Å². The topological polar surface area (TPSA) is 0 Å². The Hall–Kier alpha value is -0.870. The summed E-state index contributed by atoms with van der Waals surface area (Å²) in [5, 5.41) is 0. The van der Waals surface area contributed by atoms with E-state index in [9.17, 15) is 8.78 Å². The molecule has 0 amide bonds. The van der Waals surface area contributed by atoms with Crippen LogP contribution in [0.25, 0.3) is 0 Å². The molecule has 0 heterocycles. The molecule has 0 nitrogen and oxygen atoms in total. The number of hydrogen-bond acceptors (Lipinski definition) is 1. The van der Waals surface area contributed by atoms with Crippen LogP contribution in [0.1, 0.15) is 16.7 Å². The molecule has 0 unspecified atom stereocenters. The first-order valence-corrected chi connectivity index (χ1v) is 7.79. The summed E-state index contributed by atoms with van der Waals surface area (Å²) in [5.41, 5.74) is 2.53. The number of halogens is 3. The maximum atomic E-state index is 13.8. The summed E-state index contributed by atoms with van der Waals surface area (Å²) in [7, 11) is 0. The van der Waals surface area contributed by atoms with Gasteiger partial charge < -0.3 is 0 Å². The van der Waals surface area contributed by atoms with Gasteiger partial charge in [0.15, 0.2) is 0 Å². The molecule has 0 fully saturated rings. The highest BCUT2D eigenvalue weighted by Crippen LogP contribution is 2.27. The average Bonchev–Trinajstić information content (AvgIpc) is 2.40. The first-order chi connectivity index (χ1) is 9.09. The molecule has 2 aromatic carbocycles. The van der Waals surface area contributed by atoms with Crippen molar-refractivity contribution in [2.75, 3.05) is 0 Å². The third kappa shape index (κ3) is 3.57. The Labute approximate surface area is 124 Å². The van der Waals surface area contributed by atoms with Crippen molar-refractivity contribution in [3.8, 4) is 0 Å². The van der Waals surface area contributed by atoms with E-state index < -0.39 is 11.6 Å². The van der Waals surface area contributed by atoms with Crippen LogP contribution < -0.4 is 0 Å². The van der Waals surface area contributed by atoms with Gasteiger partial charge in [0, 0.05) is 17.1 Å². The van der Waals surface area contributed by atoms with Crippen molar-refractivity contribution in [1.82, 2.24) is 0 Å². The Morgan fingerprint density at radius 1 is 1.05 bits per heavy atom. The van der Waals surface area contributed by atoms with E-state index in [4.69, 9.17) is 0 Å². The van der Waals surface area contributed by atoms with Gasteiger partial charge in [-0.25, -0.2) is 8.78 Å². The molecule has 0 aliphatic rings. The van der Waals surface area contributed by atoms with Crippen molar-refractivity contribution >= 4 is 27.7 Å². The lowest BCUT2D eigenvalue weighted by molar-refractivity contribution is 0.562. The molecule has 2 aromatic rings. The molecule has 0 atom stereocenters. The number of thioether (sulfide) groups is 1. The molecule has 2 rings (SSSR count). The minimum Gasteiger partial charge on any atom is -0.207 e. The fourth-order valence-electron chi connectivity index (χ4n) is 1.74. The van der Waals surface area contributed by atoms with Crippen molar-refractivity contribution in [2.24, 2.45) is 0 Å². The summed E-state index contributed by atoms with van der Waals surface area (Å²) >= 11 is 4.59. The lowest BCUT2D eigenvalue weighted by atomic mass is 10.1. The second-order valence-electron chi connectivity index (χ2n) is 4.24. The van der Waals surface area contributed by atoms with Crippen LogP contribution in [-0.4, -0.2) is 0 Å². The largest absolute Gasteiger partial charge is 0.207 e. The standard InChI is InChI=1S/C15H13BrF2S/c1-10-4-2-3-5-11(10)8-19-9-12-14(17)7-6-13(16)15(12)18/h2-7H,8-9H2,1H3. The number of hydrogen-bond donors (Lipinski definition) is 0. The van der Waals surface area contributed by atoms with E-state index in [-0.39, 0.29) is 5.56 Å². The van der Waals surface area contributed by atoms with Crippen LogP contribution in [0.2, 0.25) is 0 Å². The summed E-state index contributed by atoms with van der Waals surface area (Å²) < 4.78 is 27.6. The predicted molar refractivity (Wildman–Crippen MR) is 80.2 cm³/mol. The van der Waals surface area contributed by atoms with Crippen molar-refractivity contribution in [1.29, 1.82) is 0 Å². The van der Waals surface area contributed by atoms with E-state index in [1.54, 1.807) is 0 Å². The quantitative estimate of drug-likeness (QED) is 0.664. The molecule has 0 aliphatic heterocycles. The summed E-state index contributed by atoms with van der Waals surface area (Å²) in [6.07, 6.45) is 0. The van der Waals surface area contributed by atoms with Crippen LogP contribution in [0.4, 0.5) is 8.78 Å². The van der Waals surface area contributed by atoms with Gasteiger partial charge >= 0.3 is 0 Å². The molecule has 0 saturated heterocycles. The number of benzene rings is 2. The molecule has 0 bridgehead atoms. The zero-order valence-corrected chi connectivity index (χ0v) is 12.8. The van der Waals surface area contributed by atoms with Gasteiger partial charge in [0.05, 0.1) is 4.47 Å². The highest BCUT2D eigenvalue weighted by atomic mass is 79.9. The normalized spacial score (nSPS) is 10.7. The van der Waals surface area contributed by atoms with Gasteiger partial charge in [-0.2, -0.15) is 11.8 Å². The predicted octanol–water partition coefficient (Wildman–Crippen LogP) is 5.47. The van der Waals surface area contributed by atoms with Gasteiger partial charge in [-0.15, -0.1) is 0 Å². The van der Waals surface area contributed by atoms with Gasteiger partial charge in [-0.1, -0.05) is 24.3 Å². The molecule has 0 aliphatic carbocycles. The second-order valence-corrected chi connectivity index (χ2v) is 6.08. The lowest BCUT2D eigenvalue weighted by Gasteiger charge is -2.08. The van der Waals surface area contributed by atoms with Crippen LogP contribution >= 0.6 is 27.7 Å². The van der Waals surface area contributed by atoms with Gasteiger partial charge in [0.2, 0.25) is 0 Å². The van der Waals surface area contributed by atoms with Crippen molar-refractivity contribution < 1.29 is 8.78 Å². The minimum atomic E-state index is -0.503. The SMILES string of the molecule is Cc1ccccc1CSCc1c(F)ccc(Br)c1F. The molecule has 0 N–H and O–H groups in total. The summed E-state index contributed by atoms with van der Waals surface area (Å²) in [4.78, 5) is 0. The highest BCUT2D eigenvalue weighted by Gasteiger charge is 2.12. The van der Waals surface area contributed by atoms with Crippen LogP contribution in [0.5, 0.6) is 0 Å². The first-order valence-electron chi connectivity index (χ1n) is 5.84. The smallest absolute Gasteiger partial charge is 0.144 e. The van der Waals surface area contributed by atoms with E-state index >= 15 is 0 Å². The van der Waals surface area contributed by atoms with Crippen LogP contribution in [0, 0.1) is 18.6 Å². The van der Waals surface area contributed by atoms with Crippen LogP contribution in [-0.2, 0) is 11.5 Å². The maximum absolute atomic E-state index is 13.8. The molecular formula is C15H13BrF2S. The fraction of sp³-hybridized carbons (Fsp3) is 0.200. The van der Waals surface area contributed by atoms with Crippen LogP contribution in [0.3, 0.4) is 0 Å². The molecule has 0 saturated carbocycles. The molecule has 0 radical (unpaired) electrons. The monoisotopic (exact) mass is 342 g/mol. The van der Waals surface area contributed by atoms with Gasteiger partial charge in [0.25, 0.3) is 0 Å². The molecule has 19 heavy (non-hydrogen) atoms. The fourth-order valence-corrected chi connectivity index (χ4v) is 3.22. The molecule has 100 valence electrons. The summed E-state index contributed by atoms with van der Waals surface area (Å²) in [6.45, 7) is 2.04. The molecular weight excluding hydrogens is 330 g/mol. The van der Waals surface area contributed by atoms with Crippen molar-refractivity contribution in [2.45, 2.75) is 18.4 Å². The molecule has 0 aromatic heterocycles. The number of rotatable bonds is 4. The van der Waals surface area contributed by atoms with Crippen LogP contribution in [0.15, 0.2) is 40.9 Å². The van der Waals surface area contributed by atoms with Gasteiger partial charge in [-0.05, 0) is 46.1 Å². The summed E-state index contributed by atoms with van der Waals surface area (Å²) in [6, 6.07) is 10.7. The number of aryl methyl sites for hydroxylation is 1. The van der Waals surface area contributed by atoms with E-state index in [1.807, 2.05) is 31.2 Å². The zero-order chi connectivity index (χ0) is 13.8. The minimum absolute atomic E-state index is 0.132. The highest BCUT2D eigenvalue weighted by molar-refractivity contribution is 9.10. The van der Waals surface area contributed by atoms with Gasteiger partial charge in [0.1, 0.15) is 11.6 Å². The third-order valence-electron chi connectivity index (χ3n) is 2.90. The van der Waals surface area contributed by atoms with E-state index in [0.29, 0.717) is 10.2 Å². The lowest BCUT2D eigenvalue weighted by Crippen LogP contribution is -1.95. The second kappa shape index (κ2) is 6.53. The third-order valence-corrected chi connectivity index (χ3v) is 4.52. The van der Waals surface area contributed by atoms with E-state index in [0.717, 1.165) is 5.75 Å². The average molecular weight is 343 g/mol. The van der Waals surface area contributed by atoms with Crippen molar-refractivity contribution in [3.63, 3.8) is 0 Å². The first kappa shape index (κ1) is 14.5. The van der Waals surface area contributed by atoms with E-state index in [1.165, 1.54) is 35.0 Å². The Morgan fingerprint density at radius 2 is 1.79 bits per heavy atom. The molecule has 0 spiro atoms. The van der Waals surface area contributed by atoms with Crippen molar-refractivity contribution in [3.05, 3.63) is 69.2 Å². The Balaban J connectivity index is 2.04. The maximum Gasteiger partial charge on any atom is 0.144 e. The van der Waals surface area contributed by atoms with E-state index in [2.05, 4.69) is 15.9 Å². The zero-order valence-electron chi connectivity index (χ0n) is 10.4. The molecule has 4 heteroatoms. The summed E-state index contributed by atoms with van der Waals surface area (Å²) in [5.74, 6) is 0.0824. The Kier molecular flexibility index (Phi) is 4.99. The Morgan fingerprint density at radius 3 is 2.53 bits per heavy atom.